The van der Waals surface area contributed by atoms with Gasteiger partial charge < -0.3 is 10.6 Å². The monoisotopic (exact) mass is 153 g/mol. The van der Waals surface area contributed by atoms with Crippen LogP contribution in [0, 0.1) is 0 Å². The van der Waals surface area contributed by atoms with Crippen LogP contribution in [0.4, 0.5) is 0 Å². The number of rotatable bonds is 2. The molecule has 0 aromatic carbocycles. The molecule has 62 valence electrons. The van der Waals surface area contributed by atoms with E-state index in [0.717, 1.165) is 19.5 Å². The predicted octanol–water partition coefficient (Wildman–Crippen LogP) is 0.154. The third-order valence-corrected chi connectivity index (χ3v) is 1.85. The number of nitrogens with zero attached hydrogens (tertiary/aromatic N) is 1. The highest BCUT2D eigenvalue weighted by Crippen LogP contribution is 2.06. The van der Waals surface area contributed by atoms with E-state index < -0.39 is 0 Å². The fraction of sp³-hybridized carbons (Fsp3) is 0.625. The van der Waals surface area contributed by atoms with Crippen molar-refractivity contribution in [2.45, 2.75) is 6.42 Å². The minimum absolute atomic E-state index is 0.942. The number of nitrogens with one attached hydrogen (secondary N) is 2. The Morgan fingerprint density at radius 2 is 2.45 bits per heavy atom. The van der Waals surface area contributed by atoms with Gasteiger partial charge in [0.15, 0.2) is 0 Å². The lowest BCUT2D eigenvalue weighted by Crippen LogP contribution is -2.30. The van der Waals surface area contributed by atoms with Crippen molar-refractivity contribution >= 4 is 6.21 Å². The Hall–Kier alpha value is -0.830. The first-order valence-electron chi connectivity index (χ1n) is 3.91. The molecule has 0 atom stereocenters. The second kappa shape index (κ2) is 4.13. The maximum Gasteiger partial charge on any atom is 0.0357 e. The van der Waals surface area contributed by atoms with E-state index in [0.29, 0.717) is 0 Å². The maximum absolute atomic E-state index is 4.01. The largest absolute Gasteiger partial charge is 0.390 e. The summed E-state index contributed by atoms with van der Waals surface area (Å²) in [5.74, 6) is 0. The molecule has 11 heavy (non-hydrogen) atoms. The maximum atomic E-state index is 4.01. The van der Waals surface area contributed by atoms with E-state index in [1.807, 2.05) is 20.3 Å². The number of hydrogen-bond acceptors (Lipinski definition) is 3. The Labute approximate surface area is 67.6 Å². The molecule has 2 N–H and O–H groups in total. The van der Waals surface area contributed by atoms with Crippen molar-refractivity contribution in [3.63, 3.8) is 0 Å². The first-order valence-corrected chi connectivity index (χ1v) is 3.91. The van der Waals surface area contributed by atoms with Crippen molar-refractivity contribution in [3.8, 4) is 0 Å². The minimum atomic E-state index is 0.942. The molecular formula is C8H15N3. The molecule has 0 amide bonds. The average molecular weight is 153 g/mol. The molecule has 0 aromatic heterocycles. The molecule has 1 heterocycles. The van der Waals surface area contributed by atoms with Crippen molar-refractivity contribution in [2.75, 3.05) is 27.2 Å². The first kappa shape index (κ1) is 8.27. The van der Waals surface area contributed by atoms with Crippen molar-refractivity contribution in [2.24, 2.45) is 4.99 Å². The predicted molar refractivity (Wildman–Crippen MR) is 48.0 cm³/mol. The molecule has 0 radical (unpaired) electrons. The van der Waals surface area contributed by atoms with Gasteiger partial charge in [-0.25, -0.2) is 0 Å². The van der Waals surface area contributed by atoms with Crippen LogP contribution in [-0.2, 0) is 0 Å². The zero-order valence-corrected chi connectivity index (χ0v) is 7.15. The summed E-state index contributed by atoms with van der Waals surface area (Å²) in [7, 11) is 3.76. The summed E-state index contributed by atoms with van der Waals surface area (Å²) in [5.41, 5.74) is 2.59. The van der Waals surface area contributed by atoms with Gasteiger partial charge in [-0.2, -0.15) is 0 Å². The molecule has 1 aliphatic heterocycles. The van der Waals surface area contributed by atoms with Crippen LogP contribution in [0.1, 0.15) is 6.42 Å². The van der Waals surface area contributed by atoms with Gasteiger partial charge in [0.05, 0.1) is 0 Å². The fourth-order valence-electron chi connectivity index (χ4n) is 1.25. The molecule has 1 aliphatic rings. The van der Waals surface area contributed by atoms with Gasteiger partial charge in [-0.3, -0.25) is 4.99 Å². The second-order valence-electron chi connectivity index (χ2n) is 2.57. The molecule has 3 nitrogen and oxygen atoms in total. The van der Waals surface area contributed by atoms with E-state index in [1.54, 1.807) is 0 Å². The van der Waals surface area contributed by atoms with Crippen molar-refractivity contribution < 1.29 is 0 Å². The van der Waals surface area contributed by atoms with Crippen LogP contribution in [0.15, 0.2) is 16.3 Å². The molecule has 3 heteroatoms. The fourth-order valence-corrected chi connectivity index (χ4v) is 1.25. The molecule has 0 aromatic rings. The summed E-state index contributed by atoms with van der Waals surface area (Å²) >= 11 is 0. The van der Waals surface area contributed by atoms with Crippen molar-refractivity contribution in [3.05, 3.63) is 11.3 Å². The van der Waals surface area contributed by atoms with E-state index in [2.05, 4.69) is 15.6 Å². The molecule has 0 saturated carbocycles. The normalized spacial score (nSPS) is 19.5. The third-order valence-electron chi connectivity index (χ3n) is 1.85. The summed E-state index contributed by atoms with van der Waals surface area (Å²) in [5, 5.41) is 6.46. The van der Waals surface area contributed by atoms with Crippen LogP contribution in [0.3, 0.4) is 0 Å². The van der Waals surface area contributed by atoms with E-state index in [-0.39, 0.29) is 0 Å². The van der Waals surface area contributed by atoms with Crippen molar-refractivity contribution in [1.82, 2.24) is 10.6 Å². The molecule has 0 aliphatic carbocycles. The van der Waals surface area contributed by atoms with Gasteiger partial charge in [-0.1, -0.05) is 0 Å². The topological polar surface area (TPSA) is 36.4 Å². The quantitative estimate of drug-likeness (QED) is 0.554. The lowest BCUT2D eigenvalue weighted by atomic mass is 10.1. The van der Waals surface area contributed by atoms with Crippen LogP contribution in [-0.4, -0.2) is 33.4 Å². The van der Waals surface area contributed by atoms with Crippen molar-refractivity contribution in [1.29, 1.82) is 0 Å². The Balaban J connectivity index is 2.72. The lowest BCUT2D eigenvalue weighted by molar-refractivity contribution is 0.661. The Morgan fingerprint density at radius 1 is 1.64 bits per heavy atom. The smallest absolute Gasteiger partial charge is 0.0357 e. The Morgan fingerprint density at radius 3 is 3.09 bits per heavy atom. The van der Waals surface area contributed by atoms with E-state index >= 15 is 0 Å². The third kappa shape index (κ3) is 2.05. The zero-order chi connectivity index (χ0) is 8.10. The van der Waals surface area contributed by atoms with E-state index in [9.17, 15) is 0 Å². The van der Waals surface area contributed by atoms with Gasteiger partial charge in [0.2, 0.25) is 0 Å². The summed E-state index contributed by atoms with van der Waals surface area (Å²) in [6.07, 6.45) is 3.01. The van der Waals surface area contributed by atoms with Crippen LogP contribution < -0.4 is 10.6 Å². The minimum Gasteiger partial charge on any atom is -0.390 e. The number of aliphatic imine (C=N–C) groups is 1. The standard InChI is InChI=1S/C8H15N3/c1-9-5-7-3-4-11-6-8(7)10-2/h5,10-11H,3-4,6H2,1-2H3. The van der Waals surface area contributed by atoms with Gasteiger partial charge in [0.25, 0.3) is 0 Å². The highest BCUT2D eigenvalue weighted by atomic mass is 15.0. The lowest BCUT2D eigenvalue weighted by Gasteiger charge is -2.18. The van der Waals surface area contributed by atoms with Crippen LogP contribution in [0.5, 0.6) is 0 Å². The summed E-state index contributed by atoms with van der Waals surface area (Å²) < 4.78 is 0. The van der Waals surface area contributed by atoms with Gasteiger partial charge in [0.1, 0.15) is 0 Å². The van der Waals surface area contributed by atoms with Crippen LogP contribution in [0.2, 0.25) is 0 Å². The van der Waals surface area contributed by atoms with Gasteiger partial charge in [-0.05, 0) is 18.5 Å². The molecule has 0 bridgehead atoms. The Bertz CT molecular complexity index is 182. The average Bonchev–Trinajstić information content (AvgIpc) is 2.06. The van der Waals surface area contributed by atoms with Gasteiger partial charge >= 0.3 is 0 Å². The zero-order valence-electron chi connectivity index (χ0n) is 7.15. The van der Waals surface area contributed by atoms with Crippen LogP contribution in [0.25, 0.3) is 0 Å². The van der Waals surface area contributed by atoms with Crippen LogP contribution >= 0.6 is 0 Å². The number of hydrogen-bond donors (Lipinski definition) is 2. The molecule has 0 spiro atoms. The van der Waals surface area contributed by atoms with Gasteiger partial charge in [-0.15, -0.1) is 0 Å². The SMILES string of the molecule is CN=CC1=C(NC)CNCC1. The first-order chi connectivity index (χ1) is 5.38. The molecule has 0 unspecified atom stereocenters. The Kier molecular flexibility index (Phi) is 3.11. The molecular weight excluding hydrogens is 138 g/mol. The van der Waals surface area contributed by atoms with Gasteiger partial charge in [0, 0.05) is 32.6 Å². The number of likely N-dealkylation sites (N-methyl/N-ethyl adjacent to an activating group) is 1. The van der Waals surface area contributed by atoms with E-state index in [1.165, 1.54) is 11.3 Å². The molecule has 1 rings (SSSR count). The molecule has 0 fully saturated rings. The highest BCUT2D eigenvalue weighted by molar-refractivity contribution is 5.79. The van der Waals surface area contributed by atoms with E-state index in [4.69, 9.17) is 0 Å². The highest BCUT2D eigenvalue weighted by Gasteiger charge is 2.07. The second-order valence-corrected chi connectivity index (χ2v) is 2.57. The molecule has 0 saturated heterocycles. The summed E-state index contributed by atoms with van der Waals surface area (Å²) in [4.78, 5) is 4.01. The summed E-state index contributed by atoms with van der Waals surface area (Å²) in [6.45, 7) is 2.00. The summed E-state index contributed by atoms with van der Waals surface area (Å²) in [6, 6.07) is 0.